The number of hydrogen-bond acceptors (Lipinski definition) is 4. The molecule has 1 saturated carbocycles. The van der Waals surface area contributed by atoms with E-state index in [1.807, 2.05) is 35.8 Å². The standard InChI is InChI=1S/C25H28N4O4/c1-16(30)26-21-19-11-5-6-12-20(19)28-15-25(2,24(32)27-17-8-3-4-9-17)29(23(31)22(21)28)14-18-10-7-13-33-18/h5-7,10-13,17H,3-4,8-9,14-15H2,1-2H3,(H,26,30)(H,27,32)/t25-/m0/s1. The van der Waals surface area contributed by atoms with Crippen LogP contribution in [0, 0.1) is 0 Å². The molecule has 1 aliphatic carbocycles. The fourth-order valence-corrected chi connectivity index (χ4v) is 5.15. The van der Waals surface area contributed by atoms with Gasteiger partial charge in [0.25, 0.3) is 5.91 Å². The summed E-state index contributed by atoms with van der Waals surface area (Å²) in [5.41, 5.74) is 0.534. The molecule has 2 aromatic heterocycles. The molecule has 33 heavy (non-hydrogen) atoms. The second-order valence-corrected chi connectivity index (χ2v) is 9.21. The first kappa shape index (κ1) is 21.3. The first-order chi connectivity index (χ1) is 15.9. The fourth-order valence-electron chi connectivity index (χ4n) is 5.15. The number of hydrogen-bond donors (Lipinski definition) is 2. The molecule has 3 aromatic rings. The molecule has 0 spiro atoms. The number of amides is 3. The van der Waals surface area contributed by atoms with Crippen molar-refractivity contribution in [1.29, 1.82) is 0 Å². The largest absolute Gasteiger partial charge is 0.467 e. The molecule has 8 heteroatoms. The van der Waals surface area contributed by atoms with Gasteiger partial charge in [0.05, 0.1) is 30.6 Å². The number of aromatic nitrogens is 1. The number of anilines is 1. The molecule has 1 aliphatic heterocycles. The minimum absolute atomic E-state index is 0.132. The van der Waals surface area contributed by atoms with Gasteiger partial charge in [-0.1, -0.05) is 31.0 Å². The summed E-state index contributed by atoms with van der Waals surface area (Å²) in [6.07, 6.45) is 5.67. The molecule has 2 aliphatic rings. The molecular formula is C25H28N4O4. The number of carbonyl (C=O) groups is 3. The molecule has 172 valence electrons. The van der Waals surface area contributed by atoms with Gasteiger partial charge in [-0.05, 0) is 38.0 Å². The Balaban J connectivity index is 1.64. The summed E-state index contributed by atoms with van der Waals surface area (Å²) in [5, 5.41) is 6.81. The third kappa shape index (κ3) is 3.59. The summed E-state index contributed by atoms with van der Waals surface area (Å²) < 4.78 is 7.40. The van der Waals surface area contributed by atoms with Crippen LogP contribution < -0.4 is 10.6 Å². The van der Waals surface area contributed by atoms with E-state index in [1.54, 1.807) is 23.3 Å². The number of fused-ring (bicyclic) bond motifs is 3. The van der Waals surface area contributed by atoms with Crippen molar-refractivity contribution in [3.8, 4) is 0 Å². The van der Waals surface area contributed by atoms with Crippen LogP contribution in [0.4, 0.5) is 5.69 Å². The predicted octanol–water partition coefficient (Wildman–Crippen LogP) is 3.67. The van der Waals surface area contributed by atoms with Crippen LogP contribution in [-0.4, -0.2) is 38.8 Å². The van der Waals surface area contributed by atoms with E-state index in [0.717, 1.165) is 36.6 Å². The highest BCUT2D eigenvalue weighted by molar-refractivity contribution is 6.14. The smallest absolute Gasteiger partial charge is 0.274 e. The average Bonchev–Trinajstić information content (AvgIpc) is 3.53. The Hall–Kier alpha value is -3.55. The van der Waals surface area contributed by atoms with Gasteiger partial charge >= 0.3 is 0 Å². The highest BCUT2D eigenvalue weighted by Gasteiger charge is 2.49. The minimum atomic E-state index is -1.13. The van der Waals surface area contributed by atoms with Crippen molar-refractivity contribution in [3.05, 3.63) is 54.1 Å². The van der Waals surface area contributed by atoms with Gasteiger partial charge in [-0.3, -0.25) is 14.4 Å². The summed E-state index contributed by atoms with van der Waals surface area (Å²) in [6.45, 7) is 3.66. The zero-order valence-corrected chi connectivity index (χ0v) is 18.9. The number of rotatable bonds is 5. The van der Waals surface area contributed by atoms with Crippen molar-refractivity contribution < 1.29 is 18.8 Å². The SMILES string of the molecule is CC(=O)Nc1c2n(c3ccccc13)C[C@@](C)(C(=O)NC1CCCC1)N(Cc1ccco1)C2=O. The molecule has 1 aromatic carbocycles. The second-order valence-electron chi connectivity index (χ2n) is 9.21. The van der Waals surface area contributed by atoms with Crippen molar-refractivity contribution in [2.24, 2.45) is 0 Å². The molecule has 8 nitrogen and oxygen atoms in total. The van der Waals surface area contributed by atoms with E-state index in [-0.39, 0.29) is 36.9 Å². The molecule has 0 bridgehead atoms. The fraction of sp³-hybridized carbons (Fsp3) is 0.400. The van der Waals surface area contributed by atoms with E-state index in [9.17, 15) is 14.4 Å². The quantitative estimate of drug-likeness (QED) is 0.623. The van der Waals surface area contributed by atoms with Gasteiger partial charge in [-0.15, -0.1) is 0 Å². The van der Waals surface area contributed by atoms with Gasteiger partial charge in [0.15, 0.2) is 0 Å². The Bertz CT molecular complexity index is 1220. The van der Waals surface area contributed by atoms with Crippen LogP contribution in [-0.2, 0) is 22.7 Å². The molecule has 5 rings (SSSR count). The van der Waals surface area contributed by atoms with Crippen LogP contribution in [0.25, 0.3) is 10.9 Å². The maximum Gasteiger partial charge on any atom is 0.274 e. The lowest BCUT2D eigenvalue weighted by Crippen LogP contribution is -2.64. The molecule has 0 saturated heterocycles. The normalized spacial score (nSPS) is 20.8. The Morgan fingerprint density at radius 1 is 1.15 bits per heavy atom. The highest BCUT2D eigenvalue weighted by Crippen LogP contribution is 2.39. The third-order valence-electron chi connectivity index (χ3n) is 6.86. The van der Waals surface area contributed by atoms with Crippen LogP contribution in [0.15, 0.2) is 47.1 Å². The number of nitrogens with zero attached hydrogens (tertiary/aromatic N) is 2. The molecule has 2 N–H and O–H groups in total. The summed E-state index contributed by atoms with van der Waals surface area (Å²) in [6, 6.07) is 11.2. The molecule has 0 unspecified atom stereocenters. The van der Waals surface area contributed by atoms with E-state index < -0.39 is 5.54 Å². The van der Waals surface area contributed by atoms with Gasteiger partial charge in [-0.25, -0.2) is 0 Å². The van der Waals surface area contributed by atoms with Crippen LogP contribution in [0.1, 0.15) is 55.8 Å². The molecular weight excluding hydrogens is 420 g/mol. The van der Waals surface area contributed by atoms with Crippen LogP contribution in [0.5, 0.6) is 0 Å². The van der Waals surface area contributed by atoms with Crippen molar-refractivity contribution in [2.45, 2.75) is 64.2 Å². The monoisotopic (exact) mass is 448 g/mol. The van der Waals surface area contributed by atoms with E-state index >= 15 is 0 Å². The topological polar surface area (TPSA) is 96.6 Å². The minimum Gasteiger partial charge on any atom is -0.467 e. The summed E-state index contributed by atoms with van der Waals surface area (Å²) >= 11 is 0. The van der Waals surface area contributed by atoms with Crippen LogP contribution in [0.2, 0.25) is 0 Å². The Morgan fingerprint density at radius 3 is 2.61 bits per heavy atom. The lowest BCUT2D eigenvalue weighted by atomic mass is 9.93. The second kappa shape index (κ2) is 8.10. The summed E-state index contributed by atoms with van der Waals surface area (Å²) in [5.74, 6) is -0.152. The molecule has 3 amide bonds. The van der Waals surface area contributed by atoms with Crippen molar-refractivity contribution >= 4 is 34.3 Å². The van der Waals surface area contributed by atoms with E-state index in [2.05, 4.69) is 10.6 Å². The summed E-state index contributed by atoms with van der Waals surface area (Å²) in [7, 11) is 0. The molecule has 3 heterocycles. The maximum absolute atomic E-state index is 14.0. The van der Waals surface area contributed by atoms with E-state index in [0.29, 0.717) is 17.1 Å². The maximum atomic E-state index is 14.0. The van der Waals surface area contributed by atoms with Crippen molar-refractivity contribution in [2.75, 3.05) is 5.32 Å². The van der Waals surface area contributed by atoms with E-state index in [4.69, 9.17) is 4.42 Å². The van der Waals surface area contributed by atoms with Gasteiger partial charge in [0.2, 0.25) is 11.8 Å². The first-order valence-electron chi connectivity index (χ1n) is 11.4. The zero-order valence-electron chi connectivity index (χ0n) is 18.9. The number of nitrogens with one attached hydrogen (secondary N) is 2. The first-order valence-corrected chi connectivity index (χ1v) is 11.4. The Kier molecular flexibility index (Phi) is 5.23. The average molecular weight is 449 g/mol. The Labute approximate surface area is 191 Å². The van der Waals surface area contributed by atoms with E-state index in [1.165, 1.54) is 6.92 Å². The molecule has 1 fully saturated rings. The van der Waals surface area contributed by atoms with Crippen molar-refractivity contribution in [1.82, 2.24) is 14.8 Å². The van der Waals surface area contributed by atoms with Gasteiger partial charge in [0, 0.05) is 18.4 Å². The third-order valence-corrected chi connectivity index (χ3v) is 6.86. The van der Waals surface area contributed by atoms with Crippen LogP contribution >= 0.6 is 0 Å². The highest BCUT2D eigenvalue weighted by atomic mass is 16.3. The Morgan fingerprint density at radius 2 is 1.91 bits per heavy atom. The van der Waals surface area contributed by atoms with Gasteiger partial charge < -0.3 is 24.5 Å². The zero-order chi connectivity index (χ0) is 23.2. The molecule has 0 radical (unpaired) electrons. The van der Waals surface area contributed by atoms with Gasteiger partial charge in [0.1, 0.15) is 17.0 Å². The van der Waals surface area contributed by atoms with Crippen molar-refractivity contribution in [3.63, 3.8) is 0 Å². The number of para-hydroxylation sites is 1. The van der Waals surface area contributed by atoms with Crippen LogP contribution in [0.3, 0.4) is 0 Å². The van der Waals surface area contributed by atoms with Gasteiger partial charge in [-0.2, -0.15) is 0 Å². The number of carbonyl (C=O) groups excluding carboxylic acids is 3. The molecule has 1 atom stereocenters. The number of furan rings is 1. The number of benzene rings is 1. The lowest BCUT2D eigenvalue weighted by Gasteiger charge is -2.44. The predicted molar refractivity (Wildman–Crippen MR) is 124 cm³/mol. The summed E-state index contributed by atoms with van der Waals surface area (Å²) in [4.78, 5) is 41.2. The lowest BCUT2D eigenvalue weighted by molar-refractivity contribution is -0.134.